The molecule has 0 aliphatic heterocycles. The fourth-order valence-electron chi connectivity index (χ4n) is 5.37. The van der Waals surface area contributed by atoms with Crippen LogP contribution in [0.15, 0.2) is 65.3 Å². The summed E-state index contributed by atoms with van der Waals surface area (Å²) < 4.78 is 5.25. The van der Waals surface area contributed by atoms with Gasteiger partial charge >= 0.3 is 0 Å². The van der Waals surface area contributed by atoms with Crippen LogP contribution in [0.4, 0.5) is 11.4 Å². The number of hydrogen-bond acceptors (Lipinski definition) is 6. The molecule has 0 radical (unpaired) electrons. The van der Waals surface area contributed by atoms with Crippen molar-refractivity contribution < 1.29 is 18.8 Å². The molecule has 0 spiro atoms. The van der Waals surface area contributed by atoms with Gasteiger partial charge < -0.3 is 25.8 Å². The van der Waals surface area contributed by atoms with Gasteiger partial charge in [-0.15, -0.1) is 0 Å². The summed E-state index contributed by atoms with van der Waals surface area (Å²) in [6.45, 7) is 4.70. The van der Waals surface area contributed by atoms with Crippen LogP contribution in [0.3, 0.4) is 0 Å². The molecule has 1 heterocycles. The van der Waals surface area contributed by atoms with Gasteiger partial charge in [0.2, 0.25) is 11.7 Å². The normalized spacial score (nSPS) is 13.9. The minimum Gasteiger partial charge on any atom is -0.459 e. The number of aryl methyl sites for hydroxylation is 2. The fraction of sp³-hybridized carbons (Fsp3) is 0.412. The summed E-state index contributed by atoms with van der Waals surface area (Å²) in [6, 6.07) is 16.8. The molecule has 0 bridgehead atoms. The molecular weight excluding hydrogens is 528 g/mol. The largest absolute Gasteiger partial charge is 0.459 e. The van der Waals surface area contributed by atoms with Crippen LogP contribution in [-0.4, -0.2) is 35.9 Å². The average Bonchev–Trinajstić information content (AvgIpc) is 3.70. The first kappa shape index (κ1) is 30.8. The number of para-hydroxylation sites is 1. The van der Waals surface area contributed by atoms with E-state index >= 15 is 0 Å². The number of benzene rings is 2. The molecule has 1 atom stereocenters. The Morgan fingerprint density at radius 1 is 0.976 bits per heavy atom. The van der Waals surface area contributed by atoms with Crippen LogP contribution < -0.4 is 16.0 Å². The molecule has 3 aromatic rings. The van der Waals surface area contributed by atoms with E-state index < -0.39 is 17.6 Å². The van der Waals surface area contributed by atoms with Gasteiger partial charge in [0.25, 0.3) is 5.91 Å². The lowest BCUT2D eigenvalue weighted by molar-refractivity contribution is -0.122. The maximum Gasteiger partial charge on any atom is 0.291 e. The summed E-state index contributed by atoms with van der Waals surface area (Å²) in [7, 11) is 0. The Kier molecular flexibility index (Phi) is 11.1. The third kappa shape index (κ3) is 8.65. The Bertz CT molecular complexity index is 1380. The van der Waals surface area contributed by atoms with Gasteiger partial charge in [-0.3, -0.25) is 14.4 Å². The zero-order valence-corrected chi connectivity index (χ0v) is 24.6. The number of nitrogens with one attached hydrogen (secondary N) is 4. The van der Waals surface area contributed by atoms with Crippen LogP contribution in [0.1, 0.15) is 90.3 Å². The number of ketones is 1. The molecule has 42 heavy (non-hydrogen) atoms. The monoisotopic (exact) mass is 570 g/mol. The lowest BCUT2D eigenvalue weighted by Crippen LogP contribution is -2.35. The van der Waals surface area contributed by atoms with E-state index in [4.69, 9.17) is 9.83 Å². The molecule has 2 aromatic carbocycles. The number of carbonyl (C=O) groups is 3. The lowest BCUT2D eigenvalue weighted by Gasteiger charge is -2.17. The number of amides is 2. The summed E-state index contributed by atoms with van der Waals surface area (Å²) >= 11 is 0. The van der Waals surface area contributed by atoms with Crippen LogP contribution in [0, 0.1) is 18.3 Å². The van der Waals surface area contributed by atoms with Gasteiger partial charge in [0, 0.05) is 41.9 Å². The Labute approximate surface area is 248 Å². The van der Waals surface area contributed by atoms with Gasteiger partial charge in [-0.1, -0.05) is 56.5 Å². The Morgan fingerprint density at radius 2 is 1.76 bits per heavy atom. The van der Waals surface area contributed by atoms with Gasteiger partial charge in [-0.25, -0.2) is 0 Å². The Morgan fingerprint density at radius 3 is 2.50 bits per heavy atom. The molecule has 8 nitrogen and oxygen atoms in total. The fourth-order valence-corrected chi connectivity index (χ4v) is 5.37. The van der Waals surface area contributed by atoms with Gasteiger partial charge in [-0.05, 0) is 74.4 Å². The van der Waals surface area contributed by atoms with Crippen LogP contribution in [0.25, 0.3) is 0 Å². The molecule has 2 amide bonds. The number of unbranched alkanes of at least 4 members (excludes halogenated alkanes) is 2. The zero-order chi connectivity index (χ0) is 29.9. The molecule has 222 valence electrons. The number of carbonyl (C=O) groups excluding carboxylic acids is 3. The predicted molar refractivity (Wildman–Crippen MR) is 167 cm³/mol. The highest BCUT2D eigenvalue weighted by molar-refractivity contribution is 6.45. The van der Waals surface area contributed by atoms with Crippen LogP contribution in [-0.2, 0) is 11.2 Å². The van der Waals surface area contributed by atoms with Crippen molar-refractivity contribution in [2.24, 2.45) is 5.92 Å². The van der Waals surface area contributed by atoms with Crippen molar-refractivity contribution >= 4 is 34.7 Å². The van der Waals surface area contributed by atoms with Gasteiger partial charge in [0.05, 0.1) is 12.0 Å². The van der Waals surface area contributed by atoms with Crippen molar-refractivity contribution in [2.75, 3.05) is 17.2 Å². The van der Waals surface area contributed by atoms with E-state index in [1.807, 2.05) is 18.2 Å². The van der Waals surface area contributed by atoms with E-state index in [9.17, 15) is 14.4 Å². The number of hydrogen-bond donors (Lipinski definition) is 4. The maximum atomic E-state index is 13.3. The summed E-state index contributed by atoms with van der Waals surface area (Å²) in [4.78, 5) is 38.6. The molecule has 1 saturated carbocycles. The van der Waals surface area contributed by atoms with Crippen LogP contribution in [0.5, 0.6) is 0 Å². The summed E-state index contributed by atoms with van der Waals surface area (Å²) in [5.41, 5.74) is 4.00. The van der Waals surface area contributed by atoms with E-state index in [1.54, 1.807) is 31.2 Å². The predicted octanol–water partition coefficient (Wildman–Crippen LogP) is 6.95. The van der Waals surface area contributed by atoms with Gasteiger partial charge in [0.1, 0.15) is 0 Å². The van der Waals surface area contributed by atoms with E-state index in [0.717, 1.165) is 69.2 Å². The SMILES string of the molecule is Cc1ccccc1NCCCCCc1ccc(C(=O)C(=N)[C@H](C)CC(=O)NC2CCCC2)cc1NC(=O)c1ccco1. The third-order valence-electron chi connectivity index (χ3n) is 7.90. The van der Waals surface area contributed by atoms with Crippen LogP contribution in [0.2, 0.25) is 0 Å². The quantitative estimate of drug-likeness (QED) is 0.0894. The van der Waals surface area contributed by atoms with E-state index in [0.29, 0.717) is 11.3 Å². The molecule has 0 saturated heterocycles. The van der Waals surface area contributed by atoms with Crippen molar-refractivity contribution in [1.82, 2.24) is 5.32 Å². The number of furan rings is 1. The highest BCUT2D eigenvalue weighted by atomic mass is 16.3. The third-order valence-corrected chi connectivity index (χ3v) is 7.90. The smallest absolute Gasteiger partial charge is 0.291 e. The number of rotatable bonds is 15. The van der Waals surface area contributed by atoms with Crippen molar-refractivity contribution in [3.63, 3.8) is 0 Å². The highest BCUT2D eigenvalue weighted by Crippen LogP contribution is 2.24. The van der Waals surface area contributed by atoms with Crippen molar-refractivity contribution in [1.29, 1.82) is 5.41 Å². The molecular formula is C34H42N4O4. The minimum atomic E-state index is -0.520. The second-order valence-electron chi connectivity index (χ2n) is 11.3. The molecule has 8 heteroatoms. The second-order valence-corrected chi connectivity index (χ2v) is 11.3. The highest BCUT2D eigenvalue weighted by Gasteiger charge is 2.24. The Hall–Kier alpha value is -4.20. The van der Waals surface area contributed by atoms with Crippen LogP contribution >= 0.6 is 0 Å². The summed E-state index contributed by atoms with van der Waals surface area (Å²) in [5, 5.41) is 17.9. The number of anilines is 2. The number of Topliss-reactive ketones (excluding diaryl/α,β-unsaturated/α-hetero) is 1. The van der Waals surface area contributed by atoms with E-state index in [-0.39, 0.29) is 29.8 Å². The molecule has 0 unspecified atom stereocenters. The molecule has 4 rings (SSSR count). The minimum absolute atomic E-state index is 0.0972. The first-order valence-electron chi connectivity index (χ1n) is 15.0. The topological polar surface area (TPSA) is 124 Å². The molecule has 1 fully saturated rings. The zero-order valence-electron chi connectivity index (χ0n) is 24.6. The Balaban J connectivity index is 1.36. The van der Waals surface area contributed by atoms with Crippen molar-refractivity contribution in [2.45, 2.75) is 77.7 Å². The lowest BCUT2D eigenvalue weighted by atomic mass is 9.92. The van der Waals surface area contributed by atoms with E-state index in [2.05, 4.69) is 35.0 Å². The summed E-state index contributed by atoms with van der Waals surface area (Å²) in [5.74, 6) is -1.32. The van der Waals surface area contributed by atoms with Gasteiger partial charge in [0.15, 0.2) is 5.76 Å². The molecule has 1 aliphatic carbocycles. The van der Waals surface area contributed by atoms with Crippen molar-refractivity contribution in [3.8, 4) is 0 Å². The standard InChI is InChI=1S/C34H42N4O4/c1-23-11-5-8-15-28(23)36-19-9-3-4-12-25-17-18-26(22-29(25)38-34(41)30-16-10-20-42-30)33(40)32(35)24(2)21-31(39)37-27-13-6-7-14-27/h5,8,10-11,15-18,20,22,24,27,35-36H,3-4,6-7,9,12-14,19,21H2,1-2H3,(H,37,39)(H,38,41)/t24-/m1/s1. The van der Waals surface area contributed by atoms with Gasteiger partial charge in [-0.2, -0.15) is 0 Å². The average molecular weight is 571 g/mol. The van der Waals surface area contributed by atoms with E-state index in [1.165, 1.54) is 11.8 Å². The summed E-state index contributed by atoms with van der Waals surface area (Å²) in [6.07, 6.45) is 9.38. The maximum absolute atomic E-state index is 13.3. The molecule has 1 aromatic heterocycles. The molecule has 1 aliphatic rings. The molecule has 4 N–H and O–H groups in total. The van der Waals surface area contributed by atoms with Crippen molar-refractivity contribution in [3.05, 3.63) is 83.3 Å². The first-order valence-corrected chi connectivity index (χ1v) is 15.0. The first-order chi connectivity index (χ1) is 20.3. The second kappa shape index (κ2) is 15.1.